The molecule has 31 heavy (non-hydrogen) atoms. The van der Waals surface area contributed by atoms with Gasteiger partial charge in [-0.1, -0.05) is 46.9 Å². The zero-order chi connectivity index (χ0) is 21.7. The molecular formula is C23H14Cl3NO4. The van der Waals surface area contributed by atoms with Gasteiger partial charge in [0, 0.05) is 37.6 Å². The number of aromatic nitrogens is 1. The Labute approximate surface area is 192 Å². The molecule has 0 spiro atoms. The number of H-pyrrole nitrogens is 1. The van der Waals surface area contributed by atoms with E-state index in [9.17, 15) is 9.90 Å². The fourth-order valence-electron chi connectivity index (χ4n) is 3.92. The van der Waals surface area contributed by atoms with Gasteiger partial charge in [0.1, 0.15) is 5.69 Å². The summed E-state index contributed by atoms with van der Waals surface area (Å²) in [6.07, 6.45) is 0.463. The Balaban J connectivity index is 1.73. The molecule has 4 aromatic rings. The quantitative estimate of drug-likeness (QED) is 0.341. The highest BCUT2D eigenvalue weighted by atomic mass is 35.5. The maximum absolute atomic E-state index is 12.0. The molecular weight excluding hydrogens is 461 g/mol. The fraction of sp³-hybridized carbons (Fsp3) is 0.0870. The number of hydrogen-bond acceptors (Lipinski definition) is 3. The molecule has 0 saturated carbocycles. The molecule has 2 heterocycles. The molecule has 0 amide bonds. The Morgan fingerprint density at radius 1 is 0.968 bits per heavy atom. The summed E-state index contributed by atoms with van der Waals surface area (Å²) in [6.45, 7) is 0.157. The molecule has 0 saturated heterocycles. The van der Waals surface area contributed by atoms with Crippen LogP contribution >= 0.6 is 34.8 Å². The standard InChI is InChI=1S/C23H14Cl3NO4/c24-14-5-13(6-15(25)8-14)21-20-11(2-1-3-17(20)27-22(21)23(28)29)4-12-7-18-19(9-16(12)26)31-10-30-18/h1-3,5-9,27H,4,10H2,(H,28,29). The number of carbonyl (C=O) groups is 1. The number of aromatic carboxylic acids is 1. The average Bonchev–Trinajstić information content (AvgIpc) is 3.32. The molecule has 2 N–H and O–H groups in total. The number of fused-ring (bicyclic) bond motifs is 2. The minimum absolute atomic E-state index is 0.0672. The molecule has 1 aliphatic rings. The normalized spacial score (nSPS) is 12.5. The molecule has 0 atom stereocenters. The summed E-state index contributed by atoms with van der Waals surface area (Å²) in [5.74, 6) is 0.166. The van der Waals surface area contributed by atoms with Crippen molar-refractivity contribution in [1.29, 1.82) is 0 Å². The first kappa shape index (κ1) is 20.1. The van der Waals surface area contributed by atoms with E-state index in [-0.39, 0.29) is 12.5 Å². The van der Waals surface area contributed by atoms with Crippen molar-refractivity contribution >= 4 is 51.7 Å². The lowest BCUT2D eigenvalue weighted by atomic mass is 9.94. The number of benzene rings is 3. The number of nitrogens with one attached hydrogen (secondary N) is 1. The van der Waals surface area contributed by atoms with Crippen LogP contribution in [0.2, 0.25) is 15.1 Å². The minimum atomic E-state index is -1.07. The van der Waals surface area contributed by atoms with E-state index >= 15 is 0 Å². The third-order valence-electron chi connectivity index (χ3n) is 5.20. The van der Waals surface area contributed by atoms with Crippen LogP contribution < -0.4 is 9.47 Å². The van der Waals surface area contributed by atoms with Crippen LogP contribution in [0.5, 0.6) is 11.5 Å². The Hall–Kier alpha value is -2.86. The number of carboxylic acids is 1. The lowest BCUT2D eigenvalue weighted by Gasteiger charge is -2.10. The van der Waals surface area contributed by atoms with E-state index < -0.39 is 5.97 Å². The van der Waals surface area contributed by atoms with E-state index in [4.69, 9.17) is 44.3 Å². The highest BCUT2D eigenvalue weighted by Crippen LogP contribution is 2.41. The molecule has 0 radical (unpaired) electrons. The second-order valence-electron chi connectivity index (χ2n) is 7.15. The number of ether oxygens (including phenoxy) is 2. The average molecular weight is 475 g/mol. The minimum Gasteiger partial charge on any atom is -0.477 e. The van der Waals surface area contributed by atoms with Gasteiger partial charge in [-0.3, -0.25) is 0 Å². The Bertz CT molecular complexity index is 1340. The van der Waals surface area contributed by atoms with Crippen molar-refractivity contribution in [3.63, 3.8) is 0 Å². The highest BCUT2D eigenvalue weighted by Gasteiger charge is 2.23. The Morgan fingerprint density at radius 3 is 2.39 bits per heavy atom. The van der Waals surface area contributed by atoms with Crippen LogP contribution in [0.3, 0.4) is 0 Å². The van der Waals surface area contributed by atoms with Gasteiger partial charge in [0.15, 0.2) is 11.5 Å². The van der Waals surface area contributed by atoms with Gasteiger partial charge in [-0.05, 0) is 53.4 Å². The predicted octanol–water partition coefficient (Wildman–Crippen LogP) is 6.81. The van der Waals surface area contributed by atoms with E-state index in [2.05, 4.69) is 4.98 Å². The van der Waals surface area contributed by atoms with Crippen molar-refractivity contribution in [2.24, 2.45) is 0 Å². The van der Waals surface area contributed by atoms with Crippen LogP contribution in [0, 0.1) is 0 Å². The summed E-state index contributed by atoms with van der Waals surface area (Å²) in [4.78, 5) is 15.1. The lowest BCUT2D eigenvalue weighted by Crippen LogP contribution is -1.99. The van der Waals surface area contributed by atoms with E-state index in [1.54, 1.807) is 24.3 Å². The van der Waals surface area contributed by atoms with E-state index in [0.717, 1.165) is 16.5 Å². The first-order chi connectivity index (χ1) is 14.9. The molecule has 0 fully saturated rings. The van der Waals surface area contributed by atoms with Crippen molar-refractivity contribution in [3.8, 4) is 22.6 Å². The maximum atomic E-state index is 12.0. The van der Waals surface area contributed by atoms with Crippen LogP contribution in [-0.2, 0) is 6.42 Å². The van der Waals surface area contributed by atoms with Gasteiger partial charge in [0.2, 0.25) is 6.79 Å². The van der Waals surface area contributed by atoms with Crippen LogP contribution in [-0.4, -0.2) is 22.9 Å². The SMILES string of the molecule is O=C(O)c1[nH]c2cccc(Cc3cc4c(cc3Cl)OCO4)c2c1-c1cc(Cl)cc(Cl)c1. The summed E-state index contributed by atoms with van der Waals surface area (Å²) in [6, 6.07) is 14.2. The number of halogens is 3. The summed E-state index contributed by atoms with van der Waals surface area (Å²) in [5.41, 5.74) is 3.64. The number of rotatable bonds is 4. The Morgan fingerprint density at radius 2 is 1.68 bits per heavy atom. The maximum Gasteiger partial charge on any atom is 0.352 e. The summed E-state index contributed by atoms with van der Waals surface area (Å²) >= 11 is 18.9. The third kappa shape index (κ3) is 3.59. The van der Waals surface area contributed by atoms with Gasteiger partial charge in [-0.25, -0.2) is 4.79 Å². The largest absolute Gasteiger partial charge is 0.477 e. The van der Waals surface area contributed by atoms with Crippen molar-refractivity contribution in [3.05, 3.63) is 80.4 Å². The molecule has 0 aliphatic carbocycles. The van der Waals surface area contributed by atoms with Crippen LogP contribution in [0.25, 0.3) is 22.0 Å². The van der Waals surface area contributed by atoms with Gasteiger partial charge in [-0.15, -0.1) is 0 Å². The van der Waals surface area contributed by atoms with Crippen molar-refractivity contribution in [2.75, 3.05) is 6.79 Å². The van der Waals surface area contributed by atoms with Gasteiger partial charge in [0.05, 0.1) is 0 Å². The molecule has 5 rings (SSSR count). The molecule has 3 aromatic carbocycles. The van der Waals surface area contributed by atoms with Crippen LogP contribution in [0.1, 0.15) is 21.6 Å². The molecule has 0 bridgehead atoms. The topological polar surface area (TPSA) is 71.5 Å². The first-order valence-electron chi connectivity index (χ1n) is 9.32. The number of aromatic amines is 1. The lowest BCUT2D eigenvalue weighted by molar-refractivity contribution is 0.0692. The summed E-state index contributed by atoms with van der Waals surface area (Å²) < 4.78 is 10.9. The third-order valence-corrected chi connectivity index (χ3v) is 5.99. The monoisotopic (exact) mass is 473 g/mol. The van der Waals surface area contributed by atoms with Crippen LogP contribution in [0.4, 0.5) is 0 Å². The summed E-state index contributed by atoms with van der Waals surface area (Å²) in [7, 11) is 0. The van der Waals surface area contributed by atoms with Crippen LogP contribution in [0.15, 0.2) is 48.5 Å². The zero-order valence-corrected chi connectivity index (χ0v) is 18.1. The van der Waals surface area contributed by atoms with Gasteiger partial charge >= 0.3 is 5.97 Å². The Kier molecular flexibility index (Phi) is 4.97. The van der Waals surface area contributed by atoms with Gasteiger partial charge in [0.25, 0.3) is 0 Å². The molecule has 156 valence electrons. The summed E-state index contributed by atoms with van der Waals surface area (Å²) in [5, 5.41) is 12.0. The smallest absolute Gasteiger partial charge is 0.352 e. The second kappa shape index (κ2) is 7.68. The second-order valence-corrected chi connectivity index (χ2v) is 8.43. The van der Waals surface area contributed by atoms with E-state index in [1.807, 2.05) is 24.3 Å². The van der Waals surface area contributed by atoms with E-state index in [1.165, 1.54) is 0 Å². The molecule has 5 nitrogen and oxygen atoms in total. The molecule has 8 heteroatoms. The van der Waals surface area contributed by atoms with Crippen molar-refractivity contribution in [2.45, 2.75) is 6.42 Å². The molecule has 0 unspecified atom stereocenters. The van der Waals surface area contributed by atoms with Crippen molar-refractivity contribution < 1.29 is 19.4 Å². The molecule has 1 aromatic heterocycles. The number of hydrogen-bond donors (Lipinski definition) is 2. The van der Waals surface area contributed by atoms with E-state index in [0.29, 0.717) is 49.6 Å². The van der Waals surface area contributed by atoms with Crippen molar-refractivity contribution in [1.82, 2.24) is 4.98 Å². The predicted molar refractivity (Wildman–Crippen MR) is 121 cm³/mol. The van der Waals surface area contributed by atoms with Gasteiger partial charge < -0.3 is 19.6 Å². The zero-order valence-electron chi connectivity index (χ0n) is 15.8. The van der Waals surface area contributed by atoms with Gasteiger partial charge in [-0.2, -0.15) is 0 Å². The number of carboxylic acid groups (broad SMARTS) is 1. The molecule has 1 aliphatic heterocycles. The first-order valence-corrected chi connectivity index (χ1v) is 10.5. The highest BCUT2D eigenvalue weighted by molar-refractivity contribution is 6.35. The fourth-order valence-corrected chi connectivity index (χ4v) is 4.66.